The second kappa shape index (κ2) is 7.92. The van der Waals surface area contributed by atoms with Crippen molar-refractivity contribution >= 4 is 0 Å². The molecule has 0 unspecified atom stereocenters. The van der Waals surface area contributed by atoms with Crippen molar-refractivity contribution in [3.63, 3.8) is 0 Å². The number of pyridine rings is 1. The maximum absolute atomic E-state index is 5.99. The number of nitrogens with zero attached hydrogens (tertiary/aromatic N) is 1. The van der Waals surface area contributed by atoms with Crippen molar-refractivity contribution in [2.24, 2.45) is 5.92 Å². The van der Waals surface area contributed by atoms with E-state index in [1.165, 1.54) is 0 Å². The van der Waals surface area contributed by atoms with E-state index in [-0.39, 0.29) is 6.10 Å². The van der Waals surface area contributed by atoms with Gasteiger partial charge in [-0.2, -0.15) is 0 Å². The maximum atomic E-state index is 5.99. The number of para-hydroxylation sites is 1. The monoisotopic (exact) mass is 298 g/mol. The Hall–Kier alpha value is -1.91. The van der Waals surface area contributed by atoms with E-state index in [4.69, 9.17) is 9.47 Å². The zero-order valence-corrected chi connectivity index (χ0v) is 12.7. The summed E-state index contributed by atoms with van der Waals surface area (Å²) in [5.41, 5.74) is 1.12. The van der Waals surface area contributed by atoms with Crippen LogP contribution in [-0.2, 0) is 11.3 Å². The normalized spacial score (nSPS) is 21.5. The minimum absolute atomic E-state index is 0.235. The van der Waals surface area contributed by atoms with Gasteiger partial charge in [0.25, 0.3) is 0 Å². The van der Waals surface area contributed by atoms with Crippen LogP contribution in [0.25, 0.3) is 0 Å². The van der Waals surface area contributed by atoms with Crippen molar-refractivity contribution in [1.82, 2.24) is 10.3 Å². The highest BCUT2D eigenvalue weighted by atomic mass is 16.5. The van der Waals surface area contributed by atoms with E-state index < -0.39 is 0 Å². The van der Waals surface area contributed by atoms with E-state index in [1.807, 2.05) is 48.7 Å². The molecule has 1 aliphatic rings. The van der Waals surface area contributed by atoms with Gasteiger partial charge < -0.3 is 14.8 Å². The molecule has 116 valence electrons. The van der Waals surface area contributed by atoms with Gasteiger partial charge in [0.2, 0.25) is 0 Å². The molecule has 3 rings (SSSR count). The van der Waals surface area contributed by atoms with E-state index in [1.54, 1.807) is 6.20 Å². The quantitative estimate of drug-likeness (QED) is 0.890. The second-order valence-electron chi connectivity index (χ2n) is 5.68. The Labute approximate surface area is 131 Å². The third kappa shape index (κ3) is 4.55. The molecule has 1 saturated heterocycles. The molecular weight excluding hydrogens is 276 g/mol. The van der Waals surface area contributed by atoms with Crippen molar-refractivity contribution < 1.29 is 9.47 Å². The highest BCUT2D eigenvalue weighted by molar-refractivity contribution is 5.20. The first kappa shape index (κ1) is 15.0. The van der Waals surface area contributed by atoms with Crippen LogP contribution in [0.1, 0.15) is 12.0 Å². The molecule has 2 aromatic rings. The highest BCUT2D eigenvalue weighted by Gasteiger charge is 2.22. The second-order valence-corrected chi connectivity index (χ2v) is 5.68. The molecule has 4 heteroatoms. The smallest absolute Gasteiger partial charge is 0.119 e. The molecule has 1 N–H and O–H groups in total. The van der Waals surface area contributed by atoms with E-state index in [2.05, 4.69) is 10.3 Å². The molecule has 1 aromatic heterocycles. The fraction of sp³-hybridized carbons (Fsp3) is 0.389. The number of piperidine rings is 1. The molecule has 0 radical (unpaired) electrons. The number of hydrogen-bond donors (Lipinski definition) is 1. The summed E-state index contributed by atoms with van der Waals surface area (Å²) in [6.45, 7) is 3.23. The molecule has 1 aromatic carbocycles. The number of benzene rings is 1. The first-order valence-electron chi connectivity index (χ1n) is 7.79. The van der Waals surface area contributed by atoms with Crippen LogP contribution in [0.4, 0.5) is 0 Å². The largest absolute Gasteiger partial charge is 0.493 e. The van der Waals surface area contributed by atoms with Crippen molar-refractivity contribution in [3.05, 3.63) is 60.4 Å². The molecule has 1 aliphatic heterocycles. The predicted molar refractivity (Wildman–Crippen MR) is 85.7 cm³/mol. The zero-order valence-electron chi connectivity index (χ0n) is 12.7. The third-order valence-electron chi connectivity index (χ3n) is 3.84. The topological polar surface area (TPSA) is 43.4 Å². The Morgan fingerprint density at radius 2 is 2.00 bits per heavy atom. The lowest BCUT2D eigenvalue weighted by atomic mass is 9.98. The fourth-order valence-corrected chi connectivity index (χ4v) is 2.67. The minimum atomic E-state index is 0.235. The Bertz CT molecular complexity index is 498. The first-order valence-corrected chi connectivity index (χ1v) is 7.79. The summed E-state index contributed by atoms with van der Waals surface area (Å²) < 4.78 is 11.8. The van der Waals surface area contributed by atoms with Gasteiger partial charge in [-0.1, -0.05) is 24.3 Å². The number of ether oxygens (including phenoxy) is 2. The van der Waals surface area contributed by atoms with Gasteiger partial charge in [-0.25, -0.2) is 0 Å². The van der Waals surface area contributed by atoms with Gasteiger partial charge in [0.05, 0.1) is 19.3 Å². The Morgan fingerprint density at radius 1 is 1.09 bits per heavy atom. The van der Waals surface area contributed by atoms with Gasteiger partial charge in [0, 0.05) is 31.4 Å². The van der Waals surface area contributed by atoms with Gasteiger partial charge in [-0.05, 0) is 30.2 Å². The third-order valence-corrected chi connectivity index (χ3v) is 3.84. The zero-order chi connectivity index (χ0) is 15.0. The lowest BCUT2D eigenvalue weighted by Crippen LogP contribution is -2.42. The number of nitrogens with one attached hydrogen (secondary N) is 1. The fourth-order valence-electron chi connectivity index (χ4n) is 2.67. The summed E-state index contributed by atoms with van der Waals surface area (Å²) in [6, 6.07) is 14.0. The summed E-state index contributed by atoms with van der Waals surface area (Å²) in [5, 5.41) is 3.44. The van der Waals surface area contributed by atoms with Crippen LogP contribution in [0.2, 0.25) is 0 Å². The van der Waals surface area contributed by atoms with E-state index in [9.17, 15) is 0 Å². The Kier molecular flexibility index (Phi) is 5.40. The molecule has 2 heterocycles. The van der Waals surface area contributed by atoms with Crippen LogP contribution in [0, 0.1) is 5.92 Å². The van der Waals surface area contributed by atoms with Crippen LogP contribution >= 0.6 is 0 Å². The molecule has 0 saturated carbocycles. The average molecular weight is 298 g/mol. The van der Waals surface area contributed by atoms with Crippen molar-refractivity contribution in [3.8, 4) is 5.75 Å². The summed E-state index contributed by atoms with van der Waals surface area (Å²) >= 11 is 0. The molecule has 0 amide bonds. The number of rotatable bonds is 6. The number of hydrogen-bond acceptors (Lipinski definition) is 4. The van der Waals surface area contributed by atoms with E-state index >= 15 is 0 Å². The number of aromatic nitrogens is 1. The van der Waals surface area contributed by atoms with Crippen LogP contribution in [0.5, 0.6) is 5.75 Å². The molecule has 2 atom stereocenters. The van der Waals surface area contributed by atoms with Crippen LogP contribution in [-0.4, -0.2) is 30.8 Å². The van der Waals surface area contributed by atoms with Gasteiger partial charge in [0.1, 0.15) is 5.75 Å². The predicted octanol–water partition coefficient (Wildman–Crippen LogP) is 2.66. The Balaban J connectivity index is 1.43. The average Bonchev–Trinajstić information content (AvgIpc) is 2.60. The van der Waals surface area contributed by atoms with Crippen molar-refractivity contribution in [1.29, 1.82) is 0 Å². The lowest BCUT2D eigenvalue weighted by molar-refractivity contribution is 0.00475. The molecule has 4 nitrogen and oxygen atoms in total. The van der Waals surface area contributed by atoms with Gasteiger partial charge in [0.15, 0.2) is 0 Å². The first-order chi connectivity index (χ1) is 10.9. The summed E-state index contributed by atoms with van der Waals surface area (Å²) in [6.07, 6.45) is 4.90. The molecule has 0 spiro atoms. The Morgan fingerprint density at radius 3 is 2.82 bits per heavy atom. The minimum Gasteiger partial charge on any atom is -0.493 e. The van der Waals surface area contributed by atoms with Gasteiger partial charge >= 0.3 is 0 Å². The SMILES string of the molecule is c1ccc(OC[C@H]2CNC[C@H](OCc3cccnc3)C2)cc1. The summed E-state index contributed by atoms with van der Waals surface area (Å²) in [4.78, 5) is 4.11. The highest BCUT2D eigenvalue weighted by Crippen LogP contribution is 2.17. The summed E-state index contributed by atoms with van der Waals surface area (Å²) in [5.74, 6) is 1.41. The van der Waals surface area contributed by atoms with Gasteiger partial charge in [-0.3, -0.25) is 4.98 Å². The molecular formula is C18H22N2O2. The van der Waals surface area contributed by atoms with Crippen LogP contribution < -0.4 is 10.1 Å². The van der Waals surface area contributed by atoms with Crippen molar-refractivity contribution in [2.75, 3.05) is 19.7 Å². The molecule has 0 aliphatic carbocycles. The molecule has 22 heavy (non-hydrogen) atoms. The molecule has 0 bridgehead atoms. The van der Waals surface area contributed by atoms with E-state index in [0.717, 1.165) is 37.4 Å². The summed E-state index contributed by atoms with van der Waals surface area (Å²) in [7, 11) is 0. The van der Waals surface area contributed by atoms with Crippen LogP contribution in [0.15, 0.2) is 54.9 Å². The van der Waals surface area contributed by atoms with Crippen molar-refractivity contribution in [2.45, 2.75) is 19.1 Å². The van der Waals surface area contributed by atoms with E-state index in [0.29, 0.717) is 12.5 Å². The standard InChI is InChI=1S/C18H22N2O2/c1-2-6-17(7-3-1)21-14-16-9-18(12-20-11-16)22-13-15-5-4-8-19-10-15/h1-8,10,16,18,20H,9,11-14H2/t16-,18-/m1/s1. The maximum Gasteiger partial charge on any atom is 0.119 e. The lowest BCUT2D eigenvalue weighted by Gasteiger charge is -2.30. The van der Waals surface area contributed by atoms with Gasteiger partial charge in [-0.15, -0.1) is 0 Å². The van der Waals surface area contributed by atoms with Crippen LogP contribution in [0.3, 0.4) is 0 Å². The molecule has 1 fully saturated rings.